The quantitative estimate of drug-likeness (QED) is 0.919. The van der Waals surface area contributed by atoms with Crippen LogP contribution in [0.25, 0.3) is 10.9 Å². The Morgan fingerprint density at radius 2 is 2.00 bits per heavy atom. The average Bonchev–Trinajstić information content (AvgIpc) is 3.24. The number of halogens is 1. The molecule has 2 fully saturated rings. The van der Waals surface area contributed by atoms with Gasteiger partial charge in [-0.2, -0.15) is 0 Å². The van der Waals surface area contributed by atoms with E-state index in [-0.39, 0.29) is 5.82 Å². The highest BCUT2D eigenvalue weighted by atomic mass is 19.1. The molecule has 1 aromatic heterocycles. The largest absolute Gasteiger partial charge is 0.361 e. The van der Waals surface area contributed by atoms with E-state index in [1.807, 2.05) is 17.2 Å². The van der Waals surface area contributed by atoms with Gasteiger partial charge in [0.05, 0.1) is 0 Å². The van der Waals surface area contributed by atoms with Gasteiger partial charge in [-0.25, -0.2) is 4.39 Å². The van der Waals surface area contributed by atoms with Gasteiger partial charge in [0.25, 0.3) is 0 Å². The lowest BCUT2D eigenvalue weighted by molar-refractivity contribution is -0.132. The van der Waals surface area contributed by atoms with Gasteiger partial charge in [0.15, 0.2) is 0 Å². The molecule has 2 heterocycles. The summed E-state index contributed by atoms with van der Waals surface area (Å²) in [7, 11) is 0. The Morgan fingerprint density at radius 1 is 1.23 bits per heavy atom. The number of H-pyrrole nitrogens is 1. The molecule has 1 aromatic carbocycles. The maximum absolute atomic E-state index is 13.3. The van der Waals surface area contributed by atoms with Gasteiger partial charge in [-0.1, -0.05) is 0 Å². The fourth-order valence-corrected chi connectivity index (χ4v) is 3.60. The molecule has 116 valence electrons. The summed E-state index contributed by atoms with van der Waals surface area (Å²) in [6.07, 6.45) is 7.22. The highest BCUT2D eigenvalue weighted by molar-refractivity contribution is 5.84. The van der Waals surface area contributed by atoms with E-state index in [1.165, 1.54) is 24.5 Å². The molecule has 4 rings (SSSR count). The summed E-state index contributed by atoms with van der Waals surface area (Å²) < 4.78 is 13.3. The van der Waals surface area contributed by atoms with Crippen LogP contribution in [0, 0.1) is 11.7 Å². The number of rotatable bonds is 3. The molecule has 3 nitrogen and oxygen atoms in total. The second-order valence-corrected chi connectivity index (χ2v) is 6.74. The van der Waals surface area contributed by atoms with Crippen LogP contribution in [-0.4, -0.2) is 28.9 Å². The van der Waals surface area contributed by atoms with Gasteiger partial charge in [-0.15, -0.1) is 0 Å². The fraction of sp³-hybridized carbons (Fsp3) is 0.500. The molecule has 0 unspecified atom stereocenters. The normalized spacial score (nSPS) is 19.8. The van der Waals surface area contributed by atoms with E-state index in [2.05, 4.69) is 4.98 Å². The summed E-state index contributed by atoms with van der Waals surface area (Å²) in [6, 6.07) is 4.93. The number of hydrogen-bond donors (Lipinski definition) is 1. The number of hydrogen-bond acceptors (Lipinski definition) is 1. The van der Waals surface area contributed by atoms with E-state index in [1.54, 1.807) is 6.07 Å². The molecule has 22 heavy (non-hydrogen) atoms. The van der Waals surface area contributed by atoms with Crippen LogP contribution < -0.4 is 0 Å². The molecule has 2 aliphatic rings. The number of nitrogens with zero attached hydrogens (tertiary/aromatic N) is 1. The molecule has 1 N–H and O–H groups in total. The molecule has 0 bridgehead atoms. The Bertz CT molecular complexity index is 696. The van der Waals surface area contributed by atoms with Gasteiger partial charge in [0.2, 0.25) is 5.91 Å². The molecule has 1 saturated carbocycles. The number of nitrogens with one attached hydrogen (secondary N) is 1. The zero-order chi connectivity index (χ0) is 15.1. The lowest BCUT2D eigenvalue weighted by atomic mass is 9.89. The molecule has 4 heteroatoms. The van der Waals surface area contributed by atoms with Crippen molar-refractivity contribution in [2.24, 2.45) is 5.92 Å². The van der Waals surface area contributed by atoms with Crippen molar-refractivity contribution >= 4 is 16.8 Å². The van der Waals surface area contributed by atoms with Crippen molar-refractivity contribution in [1.82, 2.24) is 9.88 Å². The molecule has 0 radical (unpaired) electrons. The van der Waals surface area contributed by atoms with Gasteiger partial charge in [-0.3, -0.25) is 4.79 Å². The van der Waals surface area contributed by atoms with E-state index < -0.39 is 0 Å². The van der Waals surface area contributed by atoms with E-state index in [4.69, 9.17) is 0 Å². The molecule has 1 amide bonds. The Morgan fingerprint density at radius 3 is 2.73 bits per heavy atom. The fourth-order valence-electron chi connectivity index (χ4n) is 3.60. The lowest BCUT2D eigenvalue weighted by Gasteiger charge is -2.32. The minimum Gasteiger partial charge on any atom is -0.361 e. The number of carbonyl (C=O) groups excluding carboxylic acids is 1. The van der Waals surface area contributed by atoms with Crippen molar-refractivity contribution in [2.75, 3.05) is 13.1 Å². The van der Waals surface area contributed by atoms with Crippen molar-refractivity contribution in [3.63, 3.8) is 0 Å². The van der Waals surface area contributed by atoms with E-state index in [9.17, 15) is 9.18 Å². The standard InChI is InChI=1S/C18H21FN2O/c19-14-3-4-15-16(11-20-17(15)10-14)13-5-7-21(8-6-13)18(22)9-12-1-2-12/h3-4,10-13,20H,1-2,5-9H2. The Hall–Kier alpha value is -1.84. The van der Waals surface area contributed by atoms with Crippen molar-refractivity contribution in [1.29, 1.82) is 0 Å². The number of piperidine rings is 1. The number of aromatic amines is 1. The number of benzene rings is 1. The van der Waals surface area contributed by atoms with Crippen LogP contribution in [0.15, 0.2) is 24.4 Å². The Labute approximate surface area is 129 Å². The van der Waals surface area contributed by atoms with Crippen LogP contribution in [0.2, 0.25) is 0 Å². The molecular formula is C18H21FN2O. The molecule has 1 saturated heterocycles. The number of likely N-dealkylation sites (tertiary alicyclic amines) is 1. The molecule has 1 aliphatic heterocycles. The summed E-state index contributed by atoms with van der Waals surface area (Å²) >= 11 is 0. The van der Waals surface area contributed by atoms with Gasteiger partial charge in [-0.05, 0) is 61.3 Å². The van der Waals surface area contributed by atoms with Crippen molar-refractivity contribution in [3.05, 3.63) is 35.8 Å². The lowest BCUT2D eigenvalue weighted by Crippen LogP contribution is -2.38. The number of fused-ring (bicyclic) bond motifs is 1. The van der Waals surface area contributed by atoms with Gasteiger partial charge in [0, 0.05) is 36.6 Å². The molecule has 0 spiro atoms. The zero-order valence-electron chi connectivity index (χ0n) is 12.6. The highest BCUT2D eigenvalue weighted by Crippen LogP contribution is 2.36. The summed E-state index contributed by atoms with van der Waals surface area (Å²) in [5.41, 5.74) is 2.13. The van der Waals surface area contributed by atoms with Gasteiger partial charge < -0.3 is 9.88 Å². The Kier molecular flexibility index (Phi) is 3.40. The maximum atomic E-state index is 13.3. The van der Waals surface area contributed by atoms with Crippen LogP contribution in [0.3, 0.4) is 0 Å². The molecular weight excluding hydrogens is 279 g/mol. The highest BCUT2D eigenvalue weighted by Gasteiger charge is 2.30. The Balaban J connectivity index is 1.44. The maximum Gasteiger partial charge on any atom is 0.222 e. The first-order valence-corrected chi connectivity index (χ1v) is 8.25. The van der Waals surface area contributed by atoms with Gasteiger partial charge >= 0.3 is 0 Å². The third-order valence-electron chi connectivity index (χ3n) is 5.12. The summed E-state index contributed by atoms with van der Waals surface area (Å²) in [4.78, 5) is 17.4. The first kappa shape index (κ1) is 13.8. The van der Waals surface area contributed by atoms with Crippen LogP contribution in [0.4, 0.5) is 4.39 Å². The van der Waals surface area contributed by atoms with Crippen molar-refractivity contribution in [3.8, 4) is 0 Å². The summed E-state index contributed by atoms with van der Waals surface area (Å²) in [6.45, 7) is 1.70. The molecule has 2 aromatic rings. The topological polar surface area (TPSA) is 36.1 Å². The molecule has 0 atom stereocenters. The second kappa shape index (κ2) is 5.41. The van der Waals surface area contributed by atoms with Gasteiger partial charge in [0.1, 0.15) is 5.82 Å². The van der Waals surface area contributed by atoms with Crippen LogP contribution in [0.1, 0.15) is 43.6 Å². The van der Waals surface area contributed by atoms with Crippen LogP contribution >= 0.6 is 0 Å². The predicted octanol–water partition coefficient (Wildman–Crippen LogP) is 3.81. The summed E-state index contributed by atoms with van der Waals surface area (Å²) in [5, 5.41) is 1.11. The minimum atomic E-state index is -0.207. The first-order valence-electron chi connectivity index (χ1n) is 8.25. The number of amides is 1. The van der Waals surface area contributed by atoms with E-state index >= 15 is 0 Å². The SMILES string of the molecule is O=C(CC1CC1)N1CCC(c2c[nH]c3cc(F)ccc23)CC1. The minimum absolute atomic E-state index is 0.207. The van der Waals surface area contributed by atoms with Crippen LogP contribution in [0.5, 0.6) is 0 Å². The van der Waals surface area contributed by atoms with Crippen LogP contribution in [-0.2, 0) is 4.79 Å². The molecule has 1 aliphatic carbocycles. The first-order chi connectivity index (χ1) is 10.7. The third kappa shape index (κ3) is 2.62. The third-order valence-corrected chi connectivity index (χ3v) is 5.12. The monoisotopic (exact) mass is 300 g/mol. The second-order valence-electron chi connectivity index (χ2n) is 6.74. The smallest absolute Gasteiger partial charge is 0.222 e. The number of carbonyl (C=O) groups is 1. The predicted molar refractivity (Wildman–Crippen MR) is 84.2 cm³/mol. The van der Waals surface area contributed by atoms with E-state index in [0.717, 1.165) is 43.3 Å². The van der Waals surface area contributed by atoms with E-state index in [0.29, 0.717) is 17.7 Å². The zero-order valence-corrected chi connectivity index (χ0v) is 12.6. The number of aromatic nitrogens is 1. The summed E-state index contributed by atoms with van der Waals surface area (Å²) in [5.74, 6) is 1.25. The van der Waals surface area contributed by atoms with Crippen molar-refractivity contribution in [2.45, 2.75) is 38.0 Å². The van der Waals surface area contributed by atoms with Crippen molar-refractivity contribution < 1.29 is 9.18 Å². The average molecular weight is 300 g/mol.